The molecule has 2 aromatic carbocycles. The Bertz CT molecular complexity index is 752. The first-order valence-electron chi connectivity index (χ1n) is 11.0. The maximum Gasteiger partial charge on any atom is 0.125 e. The Hall–Kier alpha value is -1.76. The van der Waals surface area contributed by atoms with E-state index in [1.807, 2.05) is 0 Å². The molecule has 0 unspecified atom stereocenters. The van der Waals surface area contributed by atoms with Crippen LogP contribution < -0.4 is 4.74 Å². The van der Waals surface area contributed by atoms with E-state index in [1.165, 1.54) is 64.6 Å². The van der Waals surface area contributed by atoms with Crippen LogP contribution in [0.4, 0.5) is 0 Å². The molecule has 0 aromatic heterocycles. The van der Waals surface area contributed by atoms with Gasteiger partial charge in [0.15, 0.2) is 0 Å². The maximum absolute atomic E-state index is 6.18. The fourth-order valence-corrected chi connectivity index (χ4v) is 3.98. The Morgan fingerprint density at radius 2 is 1.14 bits per heavy atom. The number of hydrogen-bond acceptors (Lipinski definition) is 1. The van der Waals surface area contributed by atoms with Crippen LogP contribution in [0.1, 0.15) is 91.8 Å². The van der Waals surface area contributed by atoms with E-state index >= 15 is 0 Å². The first-order valence-corrected chi connectivity index (χ1v) is 11.0. The molecule has 0 heterocycles. The number of rotatable bonds is 9. The monoisotopic (exact) mass is 380 g/mol. The van der Waals surface area contributed by atoms with Crippen LogP contribution in [0.15, 0.2) is 24.3 Å². The zero-order valence-electron chi connectivity index (χ0n) is 19.5. The Morgan fingerprint density at radius 1 is 0.679 bits per heavy atom. The molecule has 2 rings (SSSR count). The number of ether oxygens (including phenoxy) is 1. The van der Waals surface area contributed by atoms with Crippen LogP contribution in [-0.4, -0.2) is 6.61 Å². The van der Waals surface area contributed by atoms with Crippen LogP contribution in [0, 0.1) is 34.6 Å². The second-order valence-electron chi connectivity index (χ2n) is 9.06. The molecule has 0 bridgehead atoms. The van der Waals surface area contributed by atoms with Crippen molar-refractivity contribution in [3.05, 3.63) is 63.2 Å². The highest BCUT2D eigenvalue weighted by molar-refractivity contribution is 5.50. The van der Waals surface area contributed by atoms with Gasteiger partial charge in [-0.15, -0.1) is 0 Å². The van der Waals surface area contributed by atoms with Crippen molar-refractivity contribution < 1.29 is 4.74 Å². The molecule has 0 atom stereocenters. The number of benzene rings is 2. The first-order chi connectivity index (χ1) is 13.2. The highest BCUT2D eigenvalue weighted by Gasteiger charge is 2.25. The molecule has 0 amide bonds. The van der Waals surface area contributed by atoms with Crippen molar-refractivity contribution in [2.75, 3.05) is 6.61 Å². The zero-order valence-corrected chi connectivity index (χ0v) is 19.5. The topological polar surface area (TPSA) is 9.23 Å². The minimum atomic E-state index is -0.0303. The van der Waals surface area contributed by atoms with Crippen LogP contribution in [0.3, 0.4) is 0 Å². The summed E-state index contributed by atoms with van der Waals surface area (Å²) < 4.78 is 6.18. The van der Waals surface area contributed by atoms with Crippen molar-refractivity contribution in [1.29, 1.82) is 0 Å². The van der Waals surface area contributed by atoms with Gasteiger partial charge in [-0.2, -0.15) is 0 Å². The smallest absolute Gasteiger partial charge is 0.125 e. The zero-order chi connectivity index (χ0) is 20.9. The van der Waals surface area contributed by atoms with Gasteiger partial charge < -0.3 is 4.74 Å². The molecular formula is C27H40O. The Labute approximate surface area is 173 Å². The van der Waals surface area contributed by atoms with Gasteiger partial charge in [0.25, 0.3) is 0 Å². The molecule has 2 aromatic rings. The number of aryl methyl sites for hydroxylation is 4. The van der Waals surface area contributed by atoms with E-state index in [2.05, 4.69) is 79.7 Å². The summed E-state index contributed by atoms with van der Waals surface area (Å²) in [5.41, 5.74) is 9.36. The fraction of sp³-hybridized carbons (Fsp3) is 0.556. The third-order valence-electron chi connectivity index (χ3n) is 6.33. The first kappa shape index (κ1) is 22.5. The van der Waals surface area contributed by atoms with E-state index < -0.39 is 0 Å². The van der Waals surface area contributed by atoms with Crippen LogP contribution in [0.25, 0.3) is 0 Å². The Kier molecular flexibility index (Phi) is 7.75. The van der Waals surface area contributed by atoms with E-state index in [0.29, 0.717) is 0 Å². The predicted molar refractivity (Wildman–Crippen MR) is 123 cm³/mol. The Balaban J connectivity index is 2.20. The summed E-state index contributed by atoms with van der Waals surface area (Å²) in [6.07, 6.45) is 6.35. The van der Waals surface area contributed by atoms with Gasteiger partial charge in [-0.25, -0.2) is 0 Å². The number of unbranched alkanes of at least 4 members (excludes halogenated alkanes) is 4. The van der Waals surface area contributed by atoms with E-state index in [0.717, 1.165) is 18.8 Å². The Morgan fingerprint density at radius 3 is 1.64 bits per heavy atom. The number of hydrogen-bond donors (Lipinski definition) is 0. The van der Waals surface area contributed by atoms with Gasteiger partial charge in [0, 0.05) is 5.41 Å². The molecule has 0 radical (unpaired) electrons. The lowest BCUT2D eigenvalue weighted by Crippen LogP contribution is -2.20. The third kappa shape index (κ3) is 5.19. The van der Waals surface area contributed by atoms with Crippen molar-refractivity contribution in [3.8, 4) is 5.75 Å². The lowest BCUT2D eigenvalue weighted by atomic mass is 9.75. The average molecular weight is 381 g/mol. The molecule has 0 N–H and O–H groups in total. The molecule has 0 aliphatic carbocycles. The minimum absolute atomic E-state index is 0.0303. The lowest BCUT2D eigenvalue weighted by molar-refractivity contribution is 0.300. The highest BCUT2D eigenvalue weighted by Crippen LogP contribution is 2.37. The van der Waals surface area contributed by atoms with E-state index in [4.69, 9.17) is 4.74 Å². The van der Waals surface area contributed by atoms with E-state index in [-0.39, 0.29) is 5.41 Å². The van der Waals surface area contributed by atoms with Crippen molar-refractivity contribution in [2.24, 2.45) is 0 Å². The summed E-state index contributed by atoms with van der Waals surface area (Å²) >= 11 is 0. The van der Waals surface area contributed by atoms with Gasteiger partial charge >= 0.3 is 0 Å². The standard InChI is InChI=1S/C27H40O/c1-9-10-11-12-13-14-28-26-21(4)17-25(18-22(26)5)27(7,8)24-15-19(2)23(6)20(3)16-24/h15-18H,9-14H2,1-8H3. The van der Waals surface area contributed by atoms with E-state index in [1.54, 1.807) is 0 Å². The van der Waals surface area contributed by atoms with Crippen molar-refractivity contribution in [1.82, 2.24) is 0 Å². The van der Waals surface area contributed by atoms with Gasteiger partial charge in [-0.3, -0.25) is 0 Å². The molecule has 0 fully saturated rings. The molecule has 0 aliphatic rings. The summed E-state index contributed by atoms with van der Waals surface area (Å²) in [7, 11) is 0. The molecule has 0 saturated heterocycles. The SMILES string of the molecule is CCCCCCCOc1c(C)cc(C(C)(C)c2cc(C)c(C)c(C)c2)cc1C. The molecule has 28 heavy (non-hydrogen) atoms. The van der Waals surface area contributed by atoms with Gasteiger partial charge in [-0.05, 0) is 80.0 Å². The summed E-state index contributed by atoms with van der Waals surface area (Å²) in [4.78, 5) is 0. The predicted octanol–water partition coefficient (Wildman–Crippen LogP) is 7.90. The minimum Gasteiger partial charge on any atom is -0.493 e. The summed E-state index contributed by atoms with van der Waals surface area (Å²) in [6.45, 7) is 18.8. The summed E-state index contributed by atoms with van der Waals surface area (Å²) in [5, 5.41) is 0. The van der Waals surface area contributed by atoms with Gasteiger partial charge in [-0.1, -0.05) is 70.7 Å². The largest absolute Gasteiger partial charge is 0.493 e. The molecule has 0 spiro atoms. The second kappa shape index (κ2) is 9.63. The molecule has 1 heteroatoms. The van der Waals surface area contributed by atoms with Crippen molar-refractivity contribution in [3.63, 3.8) is 0 Å². The fourth-order valence-electron chi connectivity index (χ4n) is 3.98. The van der Waals surface area contributed by atoms with Gasteiger partial charge in [0.1, 0.15) is 5.75 Å². The van der Waals surface area contributed by atoms with Crippen molar-refractivity contribution >= 4 is 0 Å². The highest BCUT2D eigenvalue weighted by atomic mass is 16.5. The normalized spacial score (nSPS) is 11.7. The second-order valence-corrected chi connectivity index (χ2v) is 9.06. The quantitative estimate of drug-likeness (QED) is 0.402. The van der Waals surface area contributed by atoms with Crippen LogP contribution >= 0.6 is 0 Å². The maximum atomic E-state index is 6.18. The molecule has 154 valence electrons. The van der Waals surface area contributed by atoms with E-state index in [9.17, 15) is 0 Å². The van der Waals surface area contributed by atoms with Crippen LogP contribution in [-0.2, 0) is 5.41 Å². The van der Waals surface area contributed by atoms with Gasteiger partial charge in [0.2, 0.25) is 0 Å². The van der Waals surface area contributed by atoms with Crippen LogP contribution in [0.5, 0.6) is 5.75 Å². The molecule has 1 nitrogen and oxygen atoms in total. The summed E-state index contributed by atoms with van der Waals surface area (Å²) in [6, 6.07) is 9.36. The summed E-state index contributed by atoms with van der Waals surface area (Å²) in [5.74, 6) is 1.08. The molecular weight excluding hydrogens is 340 g/mol. The van der Waals surface area contributed by atoms with Crippen molar-refractivity contribution in [2.45, 2.75) is 92.9 Å². The molecule has 0 saturated carbocycles. The van der Waals surface area contributed by atoms with Gasteiger partial charge in [0.05, 0.1) is 6.61 Å². The lowest BCUT2D eigenvalue weighted by Gasteiger charge is -2.29. The third-order valence-corrected chi connectivity index (χ3v) is 6.33. The average Bonchev–Trinajstić information content (AvgIpc) is 2.63. The molecule has 0 aliphatic heterocycles. The van der Waals surface area contributed by atoms with Crippen LogP contribution in [0.2, 0.25) is 0 Å².